The first-order chi connectivity index (χ1) is 13.4. The summed E-state index contributed by atoms with van der Waals surface area (Å²) in [5.74, 6) is 0.434. The van der Waals surface area contributed by atoms with Crippen molar-refractivity contribution < 1.29 is 9.63 Å². The van der Waals surface area contributed by atoms with Gasteiger partial charge in [-0.15, -0.1) is 0 Å². The maximum absolute atomic E-state index is 12.8. The van der Waals surface area contributed by atoms with E-state index in [-0.39, 0.29) is 12.0 Å². The Hall–Kier alpha value is -2.04. The van der Waals surface area contributed by atoms with Gasteiger partial charge in [0.05, 0.1) is 22.3 Å². The summed E-state index contributed by atoms with van der Waals surface area (Å²) < 4.78 is 0. The van der Waals surface area contributed by atoms with Crippen molar-refractivity contribution >= 4 is 34.8 Å². The molecule has 0 aliphatic carbocycles. The second-order valence-electron chi connectivity index (χ2n) is 7.46. The lowest BCUT2D eigenvalue weighted by molar-refractivity contribution is -0.134. The van der Waals surface area contributed by atoms with E-state index in [2.05, 4.69) is 19.0 Å². The molecule has 1 aliphatic rings. The molecule has 0 saturated heterocycles. The zero-order valence-electron chi connectivity index (χ0n) is 16.1. The smallest absolute Gasteiger partial charge is 0.223 e. The molecule has 0 N–H and O–H groups in total. The maximum Gasteiger partial charge on any atom is 0.223 e. The van der Waals surface area contributed by atoms with Gasteiger partial charge in [-0.1, -0.05) is 78.6 Å². The van der Waals surface area contributed by atoms with Crippen molar-refractivity contribution in [2.75, 3.05) is 6.54 Å². The summed E-state index contributed by atoms with van der Waals surface area (Å²) in [5, 5.41) is 5.21. The number of hydrogen-bond acceptors (Lipinski definition) is 3. The highest BCUT2D eigenvalue weighted by atomic mass is 35.5. The number of hydrogen-bond donors (Lipinski definition) is 0. The molecule has 148 valence electrons. The summed E-state index contributed by atoms with van der Waals surface area (Å²) in [6, 6.07) is 15.4. The van der Waals surface area contributed by atoms with Gasteiger partial charge in [-0.25, -0.2) is 0 Å². The highest BCUT2D eigenvalue weighted by Crippen LogP contribution is 2.26. The van der Waals surface area contributed by atoms with Gasteiger partial charge in [-0.2, -0.15) is 0 Å². The number of amides is 1. The summed E-state index contributed by atoms with van der Waals surface area (Å²) in [6.07, 6.45) is 0.961. The van der Waals surface area contributed by atoms with E-state index in [1.165, 1.54) is 0 Å². The molecule has 0 spiro atoms. The molecule has 2 aromatic carbocycles. The molecule has 1 amide bonds. The summed E-state index contributed by atoms with van der Waals surface area (Å²) in [4.78, 5) is 20.3. The third kappa shape index (κ3) is 5.49. The first-order valence-electron chi connectivity index (χ1n) is 9.42. The molecule has 28 heavy (non-hydrogen) atoms. The molecule has 1 aliphatic heterocycles. The van der Waals surface area contributed by atoms with E-state index < -0.39 is 0 Å². The van der Waals surface area contributed by atoms with Crippen LogP contribution < -0.4 is 0 Å². The Labute approximate surface area is 176 Å². The molecule has 2 aromatic rings. The Bertz CT molecular complexity index is 853. The first-order valence-corrected chi connectivity index (χ1v) is 10.2. The molecule has 0 saturated carbocycles. The first kappa shape index (κ1) is 20.7. The minimum atomic E-state index is -0.177. The molecule has 0 unspecified atom stereocenters. The largest absolute Gasteiger partial charge is 0.390 e. The van der Waals surface area contributed by atoms with Crippen LogP contribution in [0.4, 0.5) is 0 Å². The van der Waals surface area contributed by atoms with Gasteiger partial charge < -0.3 is 9.74 Å². The minimum Gasteiger partial charge on any atom is -0.390 e. The number of nitrogens with zero attached hydrogens (tertiary/aromatic N) is 2. The molecule has 0 aromatic heterocycles. The quantitative estimate of drug-likeness (QED) is 0.590. The zero-order chi connectivity index (χ0) is 20.1. The second kappa shape index (κ2) is 9.44. The van der Waals surface area contributed by atoms with Crippen molar-refractivity contribution in [3.63, 3.8) is 0 Å². The fraction of sp³-hybridized carbons (Fsp3) is 0.364. The topological polar surface area (TPSA) is 41.9 Å². The minimum absolute atomic E-state index is 0.130. The Balaban J connectivity index is 1.67. The fourth-order valence-corrected chi connectivity index (χ4v) is 3.45. The van der Waals surface area contributed by atoms with Gasteiger partial charge in [0.2, 0.25) is 5.91 Å². The van der Waals surface area contributed by atoms with Crippen molar-refractivity contribution in [3.8, 4) is 0 Å². The highest BCUT2D eigenvalue weighted by molar-refractivity contribution is 6.42. The average molecular weight is 419 g/mol. The monoisotopic (exact) mass is 418 g/mol. The van der Waals surface area contributed by atoms with Gasteiger partial charge in [0.15, 0.2) is 6.10 Å². The maximum atomic E-state index is 12.8. The lowest BCUT2D eigenvalue weighted by atomic mass is 10.0. The van der Waals surface area contributed by atoms with Gasteiger partial charge in [-0.3, -0.25) is 4.79 Å². The average Bonchev–Trinajstić information content (AvgIpc) is 3.12. The molecule has 0 radical (unpaired) electrons. The van der Waals surface area contributed by atoms with Gasteiger partial charge in [0, 0.05) is 24.9 Å². The van der Waals surface area contributed by atoms with Gasteiger partial charge in [-0.05, 0) is 23.6 Å². The van der Waals surface area contributed by atoms with Crippen molar-refractivity contribution in [3.05, 3.63) is 69.7 Å². The van der Waals surface area contributed by atoms with E-state index in [1.807, 2.05) is 41.3 Å². The van der Waals surface area contributed by atoms with E-state index in [0.717, 1.165) is 16.8 Å². The summed E-state index contributed by atoms with van der Waals surface area (Å²) in [5.41, 5.74) is 2.81. The van der Waals surface area contributed by atoms with Gasteiger partial charge in [0.1, 0.15) is 0 Å². The normalized spacial score (nSPS) is 16.0. The number of benzene rings is 2. The molecular formula is C22H24Cl2N2O2. The summed E-state index contributed by atoms with van der Waals surface area (Å²) in [7, 11) is 0. The number of rotatable bonds is 7. The summed E-state index contributed by atoms with van der Waals surface area (Å²) in [6.45, 7) is 5.16. The van der Waals surface area contributed by atoms with E-state index in [9.17, 15) is 4.79 Å². The number of halogens is 2. The highest BCUT2D eigenvalue weighted by Gasteiger charge is 2.27. The Morgan fingerprint density at radius 2 is 1.93 bits per heavy atom. The third-order valence-corrected chi connectivity index (χ3v) is 5.30. The lowest BCUT2D eigenvalue weighted by Crippen LogP contribution is -2.37. The zero-order valence-corrected chi connectivity index (χ0v) is 17.6. The molecule has 1 heterocycles. The fourth-order valence-electron chi connectivity index (χ4n) is 3.15. The molecule has 6 heteroatoms. The molecule has 4 nitrogen and oxygen atoms in total. The summed E-state index contributed by atoms with van der Waals surface area (Å²) >= 11 is 12.1. The van der Waals surface area contributed by atoms with Gasteiger partial charge in [0.25, 0.3) is 0 Å². The van der Waals surface area contributed by atoms with Crippen LogP contribution in [0.5, 0.6) is 0 Å². The van der Waals surface area contributed by atoms with E-state index in [1.54, 1.807) is 12.1 Å². The van der Waals surface area contributed by atoms with Gasteiger partial charge >= 0.3 is 0 Å². The van der Waals surface area contributed by atoms with Crippen LogP contribution >= 0.6 is 23.2 Å². The number of oxime groups is 1. The van der Waals surface area contributed by atoms with E-state index in [0.29, 0.717) is 41.9 Å². The van der Waals surface area contributed by atoms with Crippen LogP contribution in [0.25, 0.3) is 0 Å². The molecular weight excluding hydrogens is 395 g/mol. The molecule has 0 fully saturated rings. The van der Waals surface area contributed by atoms with E-state index in [4.69, 9.17) is 28.0 Å². The SMILES string of the molecule is CC(C)CC(=O)N(Cc1ccccc1)C[C@H]1CC(c2ccc(Cl)c(Cl)c2)=NO1. The molecule has 1 atom stereocenters. The Morgan fingerprint density at radius 1 is 1.18 bits per heavy atom. The van der Waals surface area contributed by atoms with Crippen molar-refractivity contribution in [2.24, 2.45) is 11.1 Å². The van der Waals surface area contributed by atoms with Crippen LogP contribution in [0.2, 0.25) is 10.0 Å². The molecule has 3 rings (SSSR count). The van der Waals surface area contributed by atoms with E-state index >= 15 is 0 Å². The van der Waals surface area contributed by atoms with Crippen LogP contribution in [-0.4, -0.2) is 29.2 Å². The number of carbonyl (C=O) groups excluding carboxylic acids is 1. The van der Waals surface area contributed by atoms with Crippen LogP contribution in [-0.2, 0) is 16.2 Å². The standard InChI is InChI=1S/C22H24Cl2N2O2/c1-15(2)10-22(27)26(13-16-6-4-3-5-7-16)14-18-12-21(25-28-18)17-8-9-19(23)20(24)11-17/h3-9,11,15,18H,10,12-14H2,1-2H3/t18-/m1/s1. The van der Waals surface area contributed by atoms with Crippen molar-refractivity contribution in [2.45, 2.75) is 39.3 Å². The molecule has 0 bridgehead atoms. The second-order valence-corrected chi connectivity index (χ2v) is 8.27. The van der Waals surface area contributed by atoms with Crippen molar-refractivity contribution in [1.82, 2.24) is 4.90 Å². The predicted molar refractivity (Wildman–Crippen MR) is 114 cm³/mol. The van der Waals surface area contributed by atoms with Crippen LogP contribution in [0, 0.1) is 5.92 Å². The van der Waals surface area contributed by atoms with Crippen LogP contribution in [0.3, 0.4) is 0 Å². The lowest BCUT2D eigenvalue weighted by Gasteiger charge is -2.26. The Kier molecular flexibility index (Phi) is 6.97. The number of carbonyl (C=O) groups is 1. The van der Waals surface area contributed by atoms with Crippen LogP contribution in [0.1, 0.15) is 37.8 Å². The third-order valence-electron chi connectivity index (χ3n) is 4.56. The van der Waals surface area contributed by atoms with Crippen LogP contribution in [0.15, 0.2) is 53.7 Å². The Morgan fingerprint density at radius 3 is 2.61 bits per heavy atom. The predicted octanol–water partition coefficient (Wildman–Crippen LogP) is 5.56. The van der Waals surface area contributed by atoms with Crippen molar-refractivity contribution in [1.29, 1.82) is 0 Å².